The summed E-state index contributed by atoms with van der Waals surface area (Å²) < 4.78 is 0. The second-order valence-corrected chi connectivity index (χ2v) is 4.64. The SMILES string of the molecule is NNc1ccc(-c2ccccc2)cc1-c1ccccc1. The Kier molecular flexibility index (Phi) is 3.48. The highest BCUT2D eigenvalue weighted by Crippen LogP contribution is 2.32. The lowest BCUT2D eigenvalue weighted by Gasteiger charge is -2.12. The zero-order chi connectivity index (χ0) is 13.8. The lowest BCUT2D eigenvalue weighted by Crippen LogP contribution is -2.07. The summed E-state index contributed by atoms with van der Waals surface area (Å²) in [5, 5.41) is 0. The predicted molar refractivity (Wildman–Crippen MR) is 85.1 cm³/mol. The monoisotopic (exact) mass is 260 g/mol. The molecule has 0 saturated carbocycles. The molecular formula is C18H16N2. The second-order valence-electron chi connectivity index (χ2n) is 4.64. The van der Waals surface area contributed by atoms with Gasteiger partial charge in [0.1, 0.15) is 0 Å². The Hall–Kier alpha value is -2.58. The van der Waals surface area contributed by atoms with Crippen molar-refractivity contribution in [2.45, 2.75) is 0 Å². The van der Waals surface area contributed by atoms with Gasteiger partial charge in [0.25, 0.3) is 0 Å². The summed E-state index contributed by atoms with van der Waals surface area (Å²) >= 11 is 0. The number of nitrogen functional groups attached to an aromatic ring is 1. The van der Waals surface area contributed by atoms with Crippen LogP contribution in [0.1, 0.15) is 0 Å². The van der Waals surface area contributed by atoms with E-state index in [0.29, 0.717) is 0 Å². The van der Waals surface area contributed by atoms with E-state index < -0.39 is 0 Å². The first-order valence-corrected chi connectivity index (χ1v) is 6.60. The molecule has 0 saturated heterocycles. The molecule has 0 amide bonds. The lowest BCUT2D eigenvalue weighted by atomic mass is 9.97. The molecule has 0 radical (unpaired) electrons. The molecule has 0 aliphatic heterocycles. The van der Waals surface area contributed by atoms with Crippen LogP contribution in [0.3, 0.4) is 0 Å². The minimum atomic E-state index is 0.927. The molecule has 3 rings (SSSR count). The fourth-order valence-electron chi connectivity index (χ4n) is 2.34. The van der Waals surface area contributed by atoms with Crippen LogP contribution in [-0.4, -0.2) is 0 Å². The van der Waals surface area contributed by atoms with E-state index >= 15 is 0 Å². The fraction of sp³-hybridized carbons (Fsp3) is 0. The van der Waals surface area contributed by atoms with Crippen LogP contribution in [0, 0.1) is 0 Å². The molecule has 0 aliphatic carbocycles. The Morgan fingerprint density at radius 1 is 0.600 bits per heavy atom. The normalized spacial score (nSPS) is 10.2. The summed E-state index contributed by atoms with van der Waals surface area (Å²) in [5.41, 5.74) is 8.34. The van der Waals surface area contributed by atoms with Gasteiger partial charge in [-0.1, -0.05) is 66.7 Å². The average molecular weight is 260 g/mol. The van der Waals surface area contributed by atoms with E-state index in [1.54, 1.807) is 0 Å². The second kappa shape index (κ2) is 5.59. The molecule has 0 aliphatic rings. The van der Waals surface area contributed by atoms with Gasteiger partial charge < -0.3 is 5.43 Å². The molecule has 98 valence electrons. The van der Waals surface area contributed by atoms with Crippen LogP contribution in [0.4, 0.5) is 5.69 Å². The maximum absolute atomic E-state index is 5.63. The van der Waals surface area contributed by atoms with Crippen LogP contribution in [0.15, 0.2) is 78.9 Å². The van der Waals surface area contributed by atoms with Gasteiger partial charge in [-0.3, -0.25) is 5.84 Å². The van der Waals surface area contributed by atoms with E-state index in [1.165, 1.54) is 11.1 Å². The van der Waals surface area contributed by atoms with Crippen LogP contribution in [0.25, 0.3) is 22.3 Å². The molecular weight excluding hydrogens is 244 g/mol. The molecule has 2 nitrogen and oxygen atoms in total. The molecule has 0 bridgehead atoms. The average Bonchev–Trinajstić information content (AvgIpc) is 2.56. The van der Waals surface area contributed by atoms with E-state index in [9.17, 15) is 0 Å². The first-order chi connectivity index (χ1) is 9.88. The van der Waals surface area contributed by atoms with Gasteiger partial charge in [0.2, 0.25) is 0 Å². The third-order valence-electron chi connectivity index (χ3n) is 3.37. The molecule has 0 spiro atoms. The van der Waals surface area contributed by atoms with Gasteiger partial charge in [-0.05, 0) is 28.8 Å². The number of rotatable bonds is 3. The van der Waals surface area contributed by atoms with Crippen molar-refractivity contribution in [2.24, 2.45) is 5.84 Å². The molecule has 0 unspecified atom stereocenters. The van der Waals surface area contributed by atoms with Crippen molar-refractivity contribution < 1.29 is 0 Å². The summed E-state index contributed by atoms with van der Waals surface area (Å²) in [5.74, 6) is 5.63. The van der Waals surface area contributed by atoms with Crippen molar-refractivity contribution in [3.8, 4) is 22.3 Å². The van der Waals surface area contributed by atoms with Crippen molar-refractivity contribution >= 4 is 5.69 Å². The zero-order valence-corrected chi connectivity index (χ0v) is 11.1. The topological polar surface area (TPSA) is 38.0 Å². The molecule has 3 N–H and O–H groups in total. The van der Waals surface area contributed by atoms with E-state index in [-0.39, 0.29) is 0 Å². The summed E-state index contributed by atoms with van der Waals surface area (Å²) in [6.45, 7) is 0. The van der Waals surface area contributed by atoms with Gasteiger partial charge >= 0.3 is 0 Å². The molecule has 0 atom stereocenters. The lowest BCUT2D eigenvalue weighted by molar-refractivity contribution is 1.35. The van der Waals surface area contributed by atoms with Gasteiger partial charge in [0, 0.05) is 5.56 Å². The van der Waals surface area contributed by atoms with E-state index in [4.69, 9.17) is 5.84 Å². The number of hydrogen-bond donors (Lipinski definition) is 2. The summed E-state index contributed by atoms with van der Waals surface area (Å²) in [7, 11) is 0. The third kappa shape index (κ3) is 2.42. The van der Waals surface area contributed by atoms with Crippen LogP contribution < -0.4 is 11.3 Å². The number of nitrogens with one attached hydrogen (secondary N) is 1. The van der Waals surface area contributed by atoms with Crippen LogP contribution >= 0.6 is 0 Å². The number of hydrazine groups is 1. The van der Waals surface area contributed by atoms with Gasteiger partial charge in [-0.15, -0.1) is 0 Å². The molecule has 3 aromatic rings. The van der Waals surface area contributed by atoms with E-state index in [0.717, 1.165) is 16.8 Å². The first kappa shape index (κ1) is 12.5. The molecule has 0 aromatic heterocycles. The molecule has 2 heteroatoms. The van der Waals surface area contributed by atoms with Crippen molar-refractivity contribution in [1.29, 1.82) is 0 Å². The van der Waals surface area contributed by atoms with Gasteiger partial charge in [0.15, 0.2) is 0 Å². The number of nitrogens with two attached hydrogens (primary N) is 1. The quantitative estimate of drug-likeness (QED) is 0.544. The Balaban J connectivity index is 2.13. The Labute approximate surface area is 118 Å². The van der Waals surface area contributed by atoms with Gasteiger partial charge in [-0.2, -0.15) is 0 Å². The van der Waals surface area contributed by atoms with Crippen molar-refractivity contribution in [1.82, 2.24) is 0 Å². The number of anilines is 1. The fourth-order valence-corrected chi connectivity index (χ4v) is 2.34. The summed E-state index contributed by atoms with van der Waals surface area (Å²) in [6.07, 6.45) is 0. The highest BCUT2D eigenvalue weighted by Gasteiger charge is 2.06. The maximum atomic E-state index is 5.63. The van der Waals surface area contributed by atoms with E-state index in [1.807, 2.05) is 42.5 Å². The molecule has 3 aromatic carbocycles. The Bertz CT molecular complexity index is 691. The van der Waals surface area contributed by atoms with Crippen LogP contribution in [0.5, 0.6) is 0 Å². The molecule has 0 fully saturated rings. The largest absolute Gasteiger partial charge is 0.324 e. The third-order valence-corrected chi connectivity index (χ3v) is 3.37. The highest BCUT2D eigenvalue weighted by atomic mass is 15.2. The van der Waals surface area contributed by atoms with Gasteiger partial charge in [0.05, 0.1) is 5.69 Å². The Morgan fingerprint density at radius 2 is 1.20 bits per heavy atom. The van der Waals surface area contributed by atoms with Gasteiger partial charge in [-0.25, -0.2) is 0 Å². The first-order valence-electron chi connectivity index (χ1n) is 6.60. The summed E-state index contributed by atoms with van der Waals surface area (Å²) in [6, 6.07) is 26.9. The maximum Gasteiger partial charge on any atom is 0.0563 e. The number of benzene rings is 3. The zero-order valence-electron chi connectivity index (χ0n) is 11.1. The predicted octanol–water partition coefficient (Wildman–Crippen LogP) is 4.31. The molecule has 0 heterocycles. The summed E-state index contributed by atoms with van der Waals surface area (Å²) in [4.78, 5) is 0. The minimum absolute atomic E-state index is 0.927. The smallest absolute Gasteiger partial charge is 0.0563 e. The van der Waals surface area contributed by atoms with Crippen molar-refractivity contribution in [3.63, 3.8) is 0 Å². The van der Waals surface area contributed by atoms with Crippen LogP contribution in [-0.2, 0) is 0 Å². The highest BCUT2D eigenvalue weighted by molar-refractivity contribution is 5.82. The minimum Gasteiger partial charge on any atom is -0.324 e. The Morgan fingerprint density at radius 3 is 1.80 bits per heavy atom. The molecule has 20 heavy (non-hydrogen) atoms. The van der Waals surface area contributed by atoms with Crippen LogP contribution in [0.2, 0.25) is 0 Å². The standard InChI is InChI=1S/C18H16N2/c19-20-18-12-11-16(14-7-3-1-4-8-14)13-17(18)15-9-5-2-6-10-15/h1-13,20H,19H2. The number of hydrogen-bond acceptors (Lipinski definition) is 2. The van der Waals surface area contributed by atoms with E-state index in [2.05, 4.69) is 41.8 Å². The van der Waals surface area contributed by atoms with Crippen molar-refractivity contribution in [3.05, 3.63) is 78.9 Å². The van der Waals surface area contributed by atoms with Crippen molar-refractivity contribution in [2.75, 3.05) is 5.43 Å².